The van der Waals surface area contributed by atoms with Gasteiger partial charge in [0.25, 0.3) is 5.91 Å². The van der Waals surface area contributed by atoms with Crippen LogP contribution in [0.25, 0.3) is 10.2 Å². The van der Waals surface area contributed by atoms with Gasteiger partial charge >= 0.3 is 0 Å². The van der Waals surface area contributed by atoms with E-state index in [2.05, 4.69) is 20.4 Å². The van der Waals surface area contributed by atoms with Gasteiger partial charge in [-0.15, -0.1) is 0 Å². The summed E-state index contributed by atoms with van der Waals surface area (Å²) in [6.07, 6.45) is 3.43. The Bertz CT molecular complexity index is 760. The summed E-state index contributed by atoms with van der Waals surface area (Å²) in [5.74, 6) is -0.260. The lowest BCUT2D eigenvalue weighted by Crippen LogP contribution is -2.12. The van der Waals surface area contributed by atoms with Crippen LogP contribution >= 0.6 is 11.3 Å². The third kappa shape index (κ3) is 2.32. The Kier molecular flexibility index (Phi) is 2.75. The number of carbonyl (C=O) groups is 1. The van der Waals surface area contributed by atoms with Crippen LogP contribution in [0.3, 0.4) is 0 Å². The average molecular weight is 273 g/mol. The molecule has 6 nitrogen and oxygen atoms in total. The number of aryl methyl sites for hydroxylation is 2. The van der Waals surface area contributed by atoms with Gasteiger partial charge in [-0.3, -0.25) is 19.8 Å². The molecule has 0 saturated carbocycles. The Morgan fingerprint density at radius 3 is 3.05 bits per heavy atom. The molecule has 0 saturated heterocycles. The van der Waals surface area contributed by atoms with E-state index in [-0.39, 0.29) is 5.91 Å². The second-order valence-electron chi connectivity index (χ2n) is 4.14. The number of pyridine rings is 1. The van der Waals surface area contributed by atoms with Crippen LogP contribution in [0.5, 0.6) is 0 Å². The number of thiazole rings is 1. The summed E-state index contributed by atoms with van der Waals surface area (Å²) in [7, 11) is 1.77. The van der Waals surface area contributed by atoms with Crippen molar-refractivity contribution < 1.29 is 4.79 Å². The number of fused-ring (bicyclic) bond motifs is 1. The third-order valence-corrected chi connectivity index (χ3v) is 3.51. The highest BCUT2D eigenvalue weighted by Crippen LogP contribution is 2.25. The topological polar surface area (TPSA) is 72.7 Å². The predicted octanol–water partition coefficient (Wildman–Crippen LogP) is 1.99. The summed E-state index contributed by atoms with van der Waals surface area (Å²) in [5, 5.41) is 7.34. The van der Waals surface area contributed by atoms with E-state index in [4.69, 9.17) is 0 Å². The van der Waals surface area contributed by atoms with Gasteiger partial charge in [0.2, 0.25) is 0 Å². The largest absolute Gasteiger partial charge is 0.296 e. The molecular formula is C12H11N5OS. The first-order valence-electron chi connectivity index (χ1n) is 5.66. The zero-order valence-electron chi connectivity index (χ0n) is 10.4. The van der Waals surface area contributed by atoms with Crippen LogP contribution in [0.4, 0.5) is 5.13 Å². The van der Waals surface area contributed by atoms with Gasteiger partial charge in [-0.1, -0.05) is 11.3 Å². The van der Waals surface area contributed by atoms with Crippen molar-refractivity contribution in [3.63, 3.8) is 0 Å². The smallest absolute Gasteiger partial charge is 0.277 e. The molecule has 3 heterocycles. The number of hydrogen-bond donors (Lipinski definition) is 1. The molecule has 7 heteroatoms. The molecule has 0 fully saturated rings. The Hall–Kier alpha value is -2.28. The van der Waals surface area contributed by atoms with Gasteiger partial charge in [-0.25, -0.2) is 4.98 Å². The molecule has 3 aromatic rings. The van der Waals surface area contributed by atoms with E-state index in [1.807, 2.05) is 13.0 Å². The van der Waals surface area contributed by atoms with E-state index in [0.29, 0.717) is 10.8 Å². The molecule has 3 aromatic heterocycles. The van der Waals surface area contributed by atoms with E-state index >= 15 is 0 Å². The number of carbonyl (C=O) groups excluding carboxylic acids is 1. The highest BCUT2D eigenvalue weighted by atomic mass is 32.1. The fraction of sp³-hybridized carbons (Fsp3) is 0.167. The summed E-state index contributed by atoms with van der Waals surface area (Å²) in [4.78, 5) is 20.4. The molecule has 3 rings (SSSR count). The first-order valence-corrected chi connectivity index (χ1v) is 6.47. The molecule has 1 N–H and O–H groups in total. The second kappa shape index (κ2) is 4.43. The minimum Gasteiger partial charge on any atom is -0.296 e. The van der Waals surface area contributed by atoms with Crippen LogP contribution in [-0.4, -0.2) is 25.7 Å². The Morgan fingerprint density at radius 1 is 1.47 bits per heavy atom. The number of amides is 1. The van der Waals surface area contributed by atoms with Crippen molar-refractivity contribution in [2.45, 2.75) is 6.92 Å². The molecule has 0 spiro atoms. The minimum absolute atomic E-state index is 0.260. The van der Waals surface area contributed by atoms with Crippen LogP contribution in [0.1, 0.15) is 16.2 Å². The Labute approximate surface area is 113 Å². The van der Waals surface area contributed by atoms with Crippen molar-refractivity contribution in [3.05, 3.63) is 35.9 Å². The van der Waals surface area contributed by atoms with E-state index in [1.165, 1.54) is 11.3 Å². The standard InChI is InChI=1S/C12H11N5OS/c1-7-5-10-9(6-13-7)14-12(19-10)15-11(18)8-3-4-17(2)16-8/h3-6H,1-2H3,(H,14,15,18). The lowest BCUT2D eigenvalue weighted by molar-refractivity contribution is 0.102. The number of nitrogens with zero attached hydrogens (tertiary/aromatic N) is 4. The maximum absolute atomic E-state index is 11.9. The molecule has 96 valence electrons. The minimum atomic E-state index is -0.260. The van der Waals surface area contributed by atoms with Gasteiger partial charge in [-0.2, -0.15) is 5.10 Å². The van der Waals surface area contributed by atoms with E-state index in [1.54, 1.807) is 30.2 Å². The number of anilines is 1. The quantitative estimate of drug-likeness (QED) is 0.775. The molecule has 0 unspecified atom stereocenters. The van der Waals surface area contributed by atoms with Crippen molar-refractivity contribution >= 4 is 32.6 Å². The molecule has 0 aliphatic carbocycles. The van der Waals surface area contributed by atoms with E-state index < -0.39 is 0 Å². The van der Waals surface area contributed by atoms with Gasteiger partial charge in [0.1, 0.15) is 5.52 Å². The molecule has 0 bridgehead atoms. The molecule has 0 aliphatic rings. The summed E-state index contributed by atoms with van der Waals surface area (Å²) >= 11 is 1.42. The summed E-state index contributed by atoms with van der Waals surface area (Å²) in [6.45, 7) is 1.92. The maximum Gasteiger partial charge on any atom is 0.277 e. The highest BCUT2D eigenvalue weighted by molar-refractivity contribution is 7.22. The molecule has 0 atom stereocenters. The van der Waals surface area contributed by atoms with Gasteiger partial charge in [-0.05, 0) is 19.1 Å². The Morgan fingerprint density at radius 2 is 2.32 bits per heavy atom. The highest BCUT2D eigenvalue weighted by Gasteiger charge is 2.12. The number of hydrogen-bond acceptors (Lipinski definition) is 5. The van der Waals surface area contributed by atoms with Gasteiger partial charge in [0.15, 0.2) is 10.8 Å². The fourth-order valence-corrected chi connectivity index (χ4v) is 2.61. The molecule has 0 radical (unpaired) electrons. The van der Waals surface area contributed by atoms with Crippen LogP contribution in [-0.2, 0) is 7.05 Å². The maximum atomic E-state index is 11.9. The first kappa shape index (κ1) is 11.8. The lowest BCUT2D eigenvalue weighted by Gasteiger charge is -1.96. The average Bonchev–Trinajstić information content (AvgIpc) is 2.94. The molecule has 0 aliphatic heterocycles. The molecular weight excluding hydrogens is 262 g/mol. The van der Waals surface area contributed by atoms with Crippen molar-refractivity contribution in [1.82, 2.24) is 19.7 Å². The SMILES string of the molecule is Cc1cc2sc(NC(=O)c3ccn(C)n3)nc2cn1. The van der Waals surface area contributed by atoms with Crippen molar-refractivity contribution in [2.75, 3.05) is 5.32 Å². The van der Waals surface area contributed by atoms with E-state index in [9.17, 15) is 4.79 Å². The van der Waals surface area contributed by atoms with Crippen molar-refractivity contribution in [3.8, 4) is 0 Å². The summed E-state index contributed by atoms with van der Waals surface area (Å²) in [5.41, 5.74) is 2.08. The van der Waals surface area contributed by atoms with Crippen LogP contribution in [0, 0.1) is 6.92 Å². The van der Waals surface area contributed by atoms with Crippen molar-refractivity contribution in [2.24, 2.45) is 7.05 Å². The third-order valence-electron chi connectivity index (χ3n) is 2.58. The first-order chi connectivity index (χ1) is 9.11. The predicted molar refractivity (Wildman–Crippen MR) is 73.3 cm³/mol. The zero-order valence-corrected chi connectivity index (χ0v) is 11.2. The second-order valence-corrected chi connectivity index (χ2v) is 5.17. The Balaban J connectivity index is 1.87. The zero-order chi connectivity index (χ0) is 13.4. The van der Waals surface area contributed by atoms with Crippen LogP contribution in [0.15, 0.2) is 24.5 Å². The molecule has 0 aromatic carbocycles. The van der Waals surface area contributed by atoms with Gasteiger partial charge in [0.05, 0.1) is 10.9 Å². The summed E-state index contributed by atoms with van der Waals surface area (Å²) < 4.78 is 2.59. The van der Waals surface area contributed by atoms with Gasteiger partial charge in [0, 0.05) is 18.9 Å². The van der Waals surface area contributed by atoms with Gasteiger partial charge < -0.3 is 0 Å². The number of aromatic nitrogens is 4. The van der Waals surface area contributed by atoms with Crippen LogP contribution < -0.4 is 5.32 Å². The van der Waals surface area contributed by atoms with Crippen molar-refractivity contribution in [1.29, 1.82) is 0 Å². The lowest BCUT2D eigenvalue weighted by atomic mass is 10.4. The number of rotatable bonds is 2. The van der Waals surface area contributed by atoms with E-state index in [0.717, 1.165) is 15.9 Å². The summed E-state index contributed by atoms with van der Waals surface area (Å²) in [6, 6.07) is 3.61. The number of nitrogens with one attached hydrogen (secondary N) is 1. The monoisotopic (exact) mass is 273 g/mol. The molecule has 1 amide bonds. The fourth-order valence-electron chi connectivity index (χ4n) is 1.68. The van der Waals surface area contributed by atoms with Crippen LogP contribution in [0.2, 0.25) is 0 Å². The normalized spacial score (nSPS) is 10.8. The molecule has 19 heavy (non-hydrogen) atoms.